The molecule has 1 aliphatic rings. The second kappa shape index (κ2) is 11.0. The lowest BCUT2D eigenvalue weighted by atomic mass is 10.2. The molecule has 204 valence electrons. The number of fused-ring (bicyclic) bond motifs is 1. The molecule has 0 spiro atoms. The van der Waals surface area contributed by atoms with Crippen molar-refractivity contribution < 1.29 is 23.1 Å². The Bertz CT molecular complexity index is 1600. The minimum Gasteiger partial charge on any atom is -0.480 e. The van der Waals surface area contributed by atoms with Gasteiger partial charge in [-0.25, -0.2) is 13.2 Å². The van der Waals surface area contributed by atoms with Crippen LogP contribution in [0, 0.1) is 0 Å². The summed E-state index contributed by atoms with van der Waals surface area (Å²) in [5.41, 5.74) is 0.943. The van der Waals surface area contributed by atoms with E-state index in [1.807, 2.05) is 16.7 Å². The zero-order chi connectivity index (χ0) is 27.7. The largest absolute Gasteiger partial charge is 0.480 e. The van der Waals surface area contributed by atoms with E-state index in [-0.39, 0.29) is 27.0 Å². The third-order valence-electron chi connectivity index (χ3n) is 6.49. The van der Waals surface area contributed by atoms with Crippen LogP contribution in [0.2, 0.25) is 10.0 Å². The molecule has 5 rings (SSSR count). The average molecular weight is 590 g/mol. The van der Waals surface area contributed by atoms with Gasteiger partial charge in [-0.05, 0) is 61.0 Å². The van der Waals surface area contributed by atoms with Crippen LogP contribution in [0.4, 0.5) is 11.5 Å². The second-order valence-electron chi connectivity index (χ2n) is 8.95. The summed E-state index contributed by atoms with van der Waals surface area (Å²) < 4.78 is 35.7. The molecule has 0 radical (unpaired) electrons. The molecule has 2 aromatic heterocycles. The van der Waals surface area contributed by atoms with Gasteiger partial charge in [0.05, 0.1) is 29.3 Å². The normalized spacial score (nSPS) is 14.9. The van der Waals surface area contributed by atoms with Gasteiger partial charge >= 0.3 is 5.97 Å². The van der Waals surface area contributed by atoms with E-state index in [0.717, 1.165) is 28.7 Å². The molecule has 1 fully saturated rings. The minimum absolute atomic E-state index is 0.0347. The summed E-state index contributed by atoms with van der Waals surface area (Å²) in [6.45, 7) is 4.40. The fraction of sp³-hybridized carbons (Fsp3) is 0.269. The van der Waals surface area contributed by atoms with Gasteiger partial charge in [0.1, 0.15) is 6.04 Å². The van der Waals surface area contributed by atoms with Crippen molar-refractivity contribution in [2.24, 2.45) is 0 Å². The van der Waals surface area contributed by atoms with E-state index in [1.54, 1.807) is 37.4 Å². The number of nitrogens with zero attached hydrogens (tertiary/aromatic N) is 5. The second-order valence-corrected chi connectivity index (χ2v) is 11.6. The molecular formula is C26H25Cl2N5O5S. The summed E-state index contributed by atoms with van der Waals surface area (Å²) in [4.78, 5) is 14.1. The van der Waals surface area contributed by atoms with Crippen LogP contribution in [0.5, 0.6) is 0 Å². The van der Waals surface area contributed by atoms with Gasteiger partial charge in [-0.15, -0.1) is 10.2 Å². The topological polar surface area (TPSA) is 118 Å². The Kier molecular flexibility index (Phi) is 7.68. The molecule has 3 heterocycles. The first-order chi connectivity index (χ1) is 18.7. The molecule has 1 aliphatic heterocycles. The predicted octanol–water partition coefficient (Wildman–Crippen LogP) is 4.62. The van der Waals surface area contributed by atoms with E-state index >= 15 is 0 Å². The summed E-state index contributed by atoms with van der Waals surface area (Å²) in [6, 6.07) is 13.1. The molecule has 1 unspecified atom stereocenters. The summed E-state index contributed by atoms with van der Waals surface area (Å²) in [7, 11) is -4.34. The first kappa shape index (κ1) is 27.2. The van der Waals surface area contributed by atoms with E-state index in [4.69, 9.17) is 27.9 Å². The smallest absolute Gasteiger partial charge is 0.327 e. The predicted molar refractivity (Wildman–Crippen MR) is 150 cm³/mol. The first-order valence-corrected chi connectivity index (χ1v) is 14.4. The third kappa shape index (κ3) is 5.40. The summed E-state index contributed by atoms with van der Waals surface area (Å²) in [5.74, 6) is 0.0781. The van der Waals surface area contributed by atoms with Gasteiger partial charge in [0.15, 0.2) is 11.6 Å². The Hall–Kier alpha value is -3.38. The average Bonchev–Trinajstić information content (AvgIpc) is 3.34. The maximum Gasteiger partial charge on any atom is 0.327 e. The van der Waals surface area contributed by atoms with Crippen molar-refractivity contribution >= 4 is 61.6 Å². The first-order valence-electron chi connectivity index (χ1n) is 12.2. The lowest BCUT2D eigenvalue weighted by Crippen LogP contribution is -2.45. The van der Waals surface area contributed by atoms with Crippen LogP contribution in [0.25, 0.3) is 16.7 Å². The molecule has 13 heteroatoms. The highest BCUT2D eigenvalue weighted by Gasteiger charge is 2.36. The van der Waals surface area contributed by atoms with Gasteiger partial charge in [-0.1, -0.05) is 30.1 Å². The van der Waals surface area contributed by atoms with Crippen molar-refractivity contribution in [1.29, 1.82) is 0 Å². The number of carboxylic acids is 1. The molecule has 1 saturated heterocycles. The van der Waals surface area contributed by atoms with E-state index in [9.17, 15) is 18.3 Å². The number of carbonyl (C=O) groups is 1. The van der Waals surface area contributed by atoms with Crippen LogP contribution in [-0.2, 0) is 19.6 Å². The number of hydrogen-bond donors (Lipinski definition) is 1. The lowest BCUT2D eigenvalue weighted by molar-refractivity contribution is -0.138. The van der Waals surface area contributed by atoms with Crippen molar-refractivity contribution in [3.8, 4) is 5.82 Å². The number of aliphatic carboxylic acids is 1. The van der Waals surface area contributed by atoms with Crippen molar-refractivity contribution in [3.05, 3.63) is 70.8 Å². The van der Waals surface area contributed by atoms with E-state index in [1.165, 1.54) is 18.2 Å². The molecule has 0 saturated carbocycles. The van der Waals surface area contributed by atoms with Crippen molar-refractivity contribution in [2.45, 2.75) is 24.3 Å². The monoisotopic (exact) mass is 589 g/mol. The minimum atomic E-state index is -4.34. The number of ether oxygens (including phenoxy) is 1. The van der Waals surface area contributed by atoms with E-state index in [2.05, 4.69) is 15.1 Å². The molecule has 4 aromatic rings. The maximum absolute atomic E-state index is 13.8. The summed E-state index contributed by atoms with van der Waals surface area (Å²) in [5, 5.41) is 19.6. The number of anilines is 2. The van der Waals surface area contributed by atoms with Crippen LogP contribution in [0.15, 0.2) is 65.7 Å². The van der Waals surface area contributed by atoms with Crippen molar-refractivity contribution in [1.82, 2.24) is 14.8 Å². The van der Waals surface area contributed by atoms with Gasteiger partial charge in [0.25, 0.3) is 10.0 Å². The van der Waals surface area contributed by atoms with Crippen LogP contribution in [0.3, 0.4) is 0 Å². The number of benzene rings is 2. The molecule has 39 heavy (non-hydrogen) atoms. The van der Waals surface area contributed by atoms with Crippen LogP contribution in [-0.4, -0.2) is 66.6 Å². The molecule has 10 nitrogen and oxygen atoms in total. The number of carboxylic acid groups (broad SMARTS) is 1. The van der Waals surface area contributed by atoms with Gasteiger partial charge in [0, 0.05) is 34.7 Å². The fourth-order valence-corrected chi connectivity index (χ4v) is 6.99. The lowest BCUT2D eigenvalue weighted by Gasteiger charge is -2.30. The summed E-state index contributed by atoms with van der Waals surface area (Å²) >= 11 is 12.1. The molecule has 0 bridgehead atoms. The van der Waals surface area contributed by atoms with E-state index in [0.29, 0.717) is 24.4 Å². The van der Waals surface area contributed by atoms with Gasteiger partial charge in [-0.3, -0.25) is 8.87 Å². The molecule has 1 N–H and O–H groups in total. The number of hydrogen-bond acceptors (Lipinski definition) is 7. The SMILES string of the molecule is CCC(C(=O)O)N(c1ccc2c(ccn2-c2ccc(N3CCOCC3)nn2)c1)S(=O)(=O)c1cc(Cl)cc(Cl)c1. The van der Waals surface area contributed by atoms with Crippen molar-refractivity contribution in [2.75, 3.05) is 35.5 Å². The number of aromatic nitrogens is 3. The highest BCUT2D eigenvalue weighted by atomic mass is 35.5. The number of rotatable bonds is 8. The number of sulfonamides is 1. The standard InChI is InChI=1S/C26H25Cl2N5O5S/c1-2-22(26(34)35)33(39(36,37)21-15-18(27)14-19(28)16-21)20-3-4-23-17(13-20)7-8-32(23)25-6-5-24(29-30-25)31-9-11-38-12-10-31/h3-8,13-16,22H,2,9-12H2,1H3,(H,34,35). The third-order valence-corrected chi connectivity index (χ3v) is 8.75. The molecular weight excluding hydrogens is 565 g/mol. The molecule has 2 aromatic carbocycles. The van der Waals surface area contributed by atoms with Crippen LogP contribution < -0.4 is 9.21 Å². The Morgan fingerprint density at radius 3 is 2.31 bits per heavy atom. The number of morpholine rings is 1. The van der Waals surface area contributed by atoms with Gasteiger partial charge in [-0.2, -0.15) is 0 Å². The number of halogens is 2. The van der Waals surface area contributed by atoms with Crippen molar-refractivity contribution in [3.63, 3.8) is 0 Å². The highest BCUT2D eigenvalue weighted by Crippen LogP contribution is 2.33. The molecule has 0 aliphatic carbocycles. The van der Waals surface area contributed by atoms with Crippen LogP contribution >= 0.6 is 23.2 Å². The Labute approximate surface area is 235 Å². The molecule has 0 amide bonds. The molecule has 1 atom stereocenters. The Morgan fingerprint density at radius 1 is 1.03 bits per heavy atom. The maximum atomic E-state index is 13.8. The summed E-state index contributed by atoms with van der Waals surface area (Å²) in [6.07, 6.45) is 1.84. The van der Waals surface area contributed by atoms with Gasteiger partial charge < -0.3 is 14.7 Å². The zero-order valence-electron chi connectivity index (χ0n) is 20.9. The Morgan fingerprint density at radius 2 is 1.69 bits per heavy atom. The zero-order valence-corrected chi connectivity index (χ0v) is 23.2. The van der Waals surface area contributed by atoms with Crippen LogP contribution in [0.1, 0.15) is 13.3 Å². The van der Waals surface area contributed by atoms with Gasteiger partial charge in [0.2, 0.25) is 0 Å². The Balaban J connectivity index is 1.54. The van der Waals surface area contributed by atoms with E-state index < -0.39 is 22.0 Å². The highest BCUT2D eigenvalue weighted by molar-refractivity contribution is 7.93. The quantitative estimate of drug-likeness (QED) is 0.316. The fourth-order valence-electron chi connectivity index (χ4n) is 4.59.